The Balaban J connectivity index is 2.51. The SMILES string of the molecule is CC(=O)Nc1scc(-c2ccc(C)o2)c1C(=O)O. The number of thiophene rings is 1. The highest BCUT2D eigenvalue weighted by Gasteiger charge is 2.21. The molecule has 0 unspecified atom stereocenters. The highest BCUT2D eigenvalue weighted by molar-refractivity contribution is 7.15. The summed E-state index contributed by atoms with van der Waals surface area (Å²) < 4.78 is 5.41. The number of anilines is 1. The van der Waals surface area contributed by atoms with Crippen molar-refractivity contribution < 1.29 is 19.1 Å². The molecule has 0 atom stereocenters. The lowest BCUT2D eigenvalue weighted by Crippen LogP contribution is -2.08. The largest absolute Gasteiger partial charge is 0.478 e. The fraction of sp³-hybridized carbons (Fsp3) is 0.167. The van der Waals surface area contributed by atoms with Crippen LogP contribution in [0.2, 0.25) is 0 Å². The zero-order valence-corrected chi connectivity index (χ0v) is 10.6. The zero-order chi connectivity index (χ0) is 13.3. The van der Waals surface area contributed by atoms with Gasteiger partial charge in [0.05, 0.1) is 0 Å². The monoisotopic (exact) mass is 265 g/mol. The van der Waals surface area contributed by atoms with Crippen LogP contribution >= 0.6 is 11.3 Å². The van der Waals surface area contributed by atoms with Gasteiger partial charge >= 0.3 is 5.97 Å². The van der Waals surface area contributed by atoms with Gasteiger partial charge in [-0.25, -0.2) is 4.79 Å². The van der Waals surface area contributed by atoms with E-state index in [0.29, 0.717) is 22.1 Å². The number of aryl methyl sites for hydroxylation is 1. The van der Waals surface area contributed by atoms with Crippen LogP contribution in [0.5, 0.6) is 0 Å². The predicted molar refractivity (Wildman–Crippen MR) is 68.0 cm³/mol. The Labute approximate surface area is 107 Å². The molecule has 0 aliphatic heterocycles. The molecule has 0 spiro atoms. The summed E-state index contributed by atoms with van der Waals surface area (Å²) in [4.78, 5) is 22.3. The molecule has 0 aliphatic rings. The number of carbonyl (C=O) groups is 2. The summed E-state index contributed by atoms with van der Waals surface area (Å²) in [6.45, 7) is 3.12. The Morgan fingerprint density at radius 1 is 1.39 bits per heavy atom. The van der Waals surface area contributed by atoms with Crippen LogP contribution in [0, 0.1) is 6.92 Å². The molecule has 2 aromatic heterocycles. The van der Waals surface area contributed by atoms with E-state index in [1.807, 2.05) is 0 Å². The third-order valence-corrected chi connectivity index (χ3v) is 3.20. The van der Waals surface area contributed by atoms with E-state index in [1.165, 1.54) is 6.92 Å². The number of hydrogen-bond donors (Lipinski definition) is 2. The Kier molecular flexibility index (Phi) is 3.20. The first-order valence-electron chi connectivity index (χ1n) is 5.18. The summed E-state index contributed by atoms with van der Waals surface area (Å²) in [5.74, 6) is -0.211. The molecular weight excluding hydrogens is 254 g/mol. The number of rotatable bonds is 3. The molecular formula is C12H11NO4S. The fourth-order valence-corrected chi connectivity index (χ4v) is 2.57. The van der Waals surface area contributed by atoms with Crippen LogP contribution in [0.25, 0.3) is 11.3 Å². The first-order chi connectivity index (χ1) is 8.49. The average Bonchev–Trinajstić information content (AvgIpc) is 2.83. The molecule has 2 N–H and O–H groups in total. The van der Waals surface area contributed by atoms with Gasteiger partial charge in [-0.1, -0.05) is 0 Å². The maximum Gasteiger partial charge on any atom is 0.339 e. The first kappa shape index (κ1) is 12.4. The first-order valence-corrected chi connectivity index (χ1v) is 6.06. The van der Waals surface area contributed by atoms with E-state index in [0.717, 1.165) is 11.3 Å². The highest BCUT2D eigenvalue weighted by Crippen LogP contribution is 2.36. The smallest absolute Gasteiger partial charge is 0.339 e. The third-order valence-electron chi connectivity index (χ3n) is 2.30. The van der Waals surface area contributed by atoms with Crippen molar-refractivity contribution in [3.63, 3.8) is 0 Å². The fourth-order valence-electron chi connectivity index (χ4n) is 1.58. The number of carbonyl (C=O) groups excluding carboxylic acids is 1. The van der Waals surface area contributed by atoms with Crippen LogP contribution in [-0.2, 0) is 4.79 Å². The second-order valence-corrected chi connectivity index (χ2v) is 4.63. The van der Waals surface area contributed by atoms with Crippen molar-refractivity contribution in [3.05, 3.63) is 28.8 Å². The molecule has 1 amide bonds. The van der Waals surface area contributed by atoms with Crippen molar-refractivity contribution in [3.8, 4) is 11.3 Å². The summed E-state index contributed by atoms with van der Waals surface area (Å²) in [6.07, 6.45) is 0. The summed E-state index contributed by atoms with van der Waals surface area (Å²) in [6, 6.07) is 3.47. The van der Waals surface area contributed by atoms with Crippen LogP contribution in [-0.4, -0.2) is 17.0 Å². The van der Waals surface area contributed by atoms with Gasteiger partial charge in [0.15, 0.2) is 0 Å². The minimum atomic E-state index is -1.09. The van der Waals surface area contributed by atoms with Gasteiger partial charge in [0, 0.05) is 17.9 Å². The van der Waals surface area contributed by atoms with Crippen molar-refractivity contribution in [2.24, 2.45) is 0 Å². The van der Waals surface area contributed by atoms with Crippen LogP contribution in [0.1, 0.15) is 23.0 Å². The topological polar surface area (TPSA) is 79.5 Å². The van der Waals surface area contributed by atoms with E-state index in [2.05, 4.69) is 5.32 Å². The second kappa shape index (κ2) is 4.66. The summed E-state index contributed by atoms with van der Waals surface area (Å²) >= 11 is 1.16. The van der Waals surface area contributed by atoms with Gasteiger partial charge in [-0.2, -0.15) is 0 Å². The van der Waals surface area contributed by atoms with E-state index in [9.17, 15) is 14.7 Å². The van der Waals surface area contributed by atoms with Crippen molar-refractivity contribution in [2.45, 2.75) is 13.8 Å². The predicted octanol–water partition coefficient (Wildman–Crippen LogP) is 2.97. The van der Waals surface area contributed by atoms with Gasteiger partial charge in [0.2, 0.25) is 5.91 Å². The van der Waals surface area contributed by atoms with Gasteiger partial charge in [-0.3, -0.25) is 4.79 Å². The molecule has 6 heteroatoms. The molecule has 0 bridgehead atoms. The minimum Gasteiger partial charge on any atom is -0.478 e. The minimum absolute atomic E-state index is 0.0598. The van der Waals surface area contributed by atoms with Crippen molar-refractivity contribution >= 4 is 28.2 Å². The summed E-state index contributed by atoms with van der Waals surface area (Å²) in [5.41, 5.74) is 0.536. The Morgan fingerprint density at radius 2 is 2.11 bits per heavy atom. The van der Waals surface area contributed by atoms with Gasteiger partial charge in [0.1, 0.15) is 22.1 Å². The molecule has 0 saturated carbocycles. The van der Waals surface area contributed by atoms with Crippen molar-refractivity contribution in [1.82, 2.24) is 0 Å². The summed E-state index contributed by atoms with van der Waals surface area (Å²) in [5, 5.41) is 13.7. The maximum atomic E-state index is 11.3. The van der Waals surface area contributed by atoms with Crippen molar-refractivity contribution in [2.75, 3.05) is 5.32 Å². The molecule has 0 radical (unpaired) electrons. The van der Waals surface area contributed by atoms with Crippen LogP contribution in [0.3, 0.4) is 0 Å². The van der Waals surface area contributed by atoms with Gasteiger partial charge in [0.25, 0.3) is 0 Å². The lowest BCUT2D eigenvalue weighted by molar-refractivity contribution is -0.114. The van der Waals surface area contributed by atoms with Crippen LogP contribution < -0.4 is 5.32 Å². The number of hydrogen-bond acceptors (Lipinski definition) is 4. The molecule has 0 saturated heterocycles. The number of furan rings is 1. The van der Waals surface area contributed by atoms with E-state index < -0.39 is 5.97 Å². The standard InChI is InChI=1S/C12H11NO4S/c1-6-3-4-9(17-6)8-5-18-11(13-7(2)14)10(8)12(15)16/h3-5H,1-2H3,(H,13,14)(H,15,16). The molecule has 0 aliphatic carbocycles. The van der Waals surface area contributed by atoms with Crippen LogP contribution in [0.4, 0.5) is 5.00 Å². The molecule has 5 nitrogen and oxygen atoms in total. The van der Waals surface area contributed by atoms with E-state index in [-0.39, 0.29) is 11.5 Å². The van der Waals surface area contributed by atoms with Gasteiger partial charge < -0.3 is 14.8 Å². The maximum absolute atomic E-state index is 11.3. The normalized spacial score (nSPS) is 10.3. The zero-order valence-electron chi connectivity index (χ0n) is 9.81. The van der Waals surface area contributed by atoms with Gasteiger partial charge in [-0.05, 0) is 19.1 Å². The average molecular weight is 265 g/mol. The lowest BCUT2D eigenvalue weighted by Gasteiger charge is -2.01. The number of nitrogens with one attached hydrogen (secondary N) is 1. The third kappa shape index (κ3) is 2.28. The number of aromatic carboxylic acids is 1. The molecule has 2 heterocycles. The van der Waals surface area contributed by atoms with Gasteiger partial charge in [-0.15, -0.1) is 11.3 Å². The van der Waals surface area contributed by atoms with E-state index in [1.54, 1.807) is 24.4 Å². The Morgan fingerprint density at radius 3 is 2.61 bits per heavy atom. The van der Waals surface area contributed by atoms with Crippen LogP contribution in [0.15, 0.2) is 21.9 Å². The molecule has 94 valence electrons. The molecule has 2 rings (SSSR count). The van der Waals surface area contributed by atoms with E-state index >= 15 is 0 Å². The van der Waals surface area contributed by atoms with E-state index in [4.69, 9.17) is 4.42 Å². The highest BCUT2D eigenvalue weighted by atomic mass is 32.1. The molecule has 0 aromatic carbocycles. The summed E-state index contributed by atoms with van der Waals surface area (Å²) in [7, 11) is 0. The van der Waals surface area contributed by atoms with Crippen molar-refractivity contribution in [1.29, 1.82) is 0 Å². The Hall–Kier alpha value is -2.08. The second-order valence-electron chi connectivity index (χ2n) is 3.75. The molecule has 0 fully saturated rings. The molecule has 18 heavy (non-hydrogen) atoms. The number of carboxylic acid groups (broad SMARTS) is 1. The molecule has 2 aromatic rings. The Bertz CT molecular complexity index is 611. The lowest BCUT2D eigenvalue weighted by atomic mass is 10.1. The quantitative estimate of drug-likeness (QED) is 0.894. The number of carboxylic acids is 1. The number of amides is 1.